The fourth-order valence-corrected chi connectivity index (χ4v) is 5.99. The molecule has 0 radical (unpaired) electrons. The number of hydrogen-bond donors (Lipinski definition) is 1. The standard InChI is InChI=1S/C14H17N3O3S3/c1-10-16-11(9-22-10)8-15-14(18)12-4-2-6-17(12)23(19,20)13-5-3-7-21-13/h3,5,7,9,12H,2,4,6,8H2,1H3,(H,15,18)/t12-/m1/s1. The van der Waals surface area contributed by atoms with Crippen molar-refractivity contribution in [1.82, 2.24) is 14.6 Å². The quantitative estimate of drug-likeness (QED) is 0.872. The number of carbonyl (C=O) groups excluding carboxylic acids is 1. The van der Waals surface area contributed by atoms with Crippen LogP contribution in [0.5, 0.6) is 0 Å². The van der Waals surface area contributed by atoms with Gasteiger partial charge in [0.05, 0.1) is 17.2 Å². The number of thiazole rings is 1. The van der Waals surface area contributed by atoms with Crippen LogP contribution in [0.2, 0.25) is 0 Å². The van der Waals surface area contributed by atoms with Crippen LogP contribution in [0, 0.1) is 6.92 Å². The van der Waals surface area contributed by atoms with Gasteiger partial charge >= 0.3 is 0 Å². The van der Waals surface area contributed by atoms with Crippen molar-refractivity contribution in [2.24, 2.45) is 0 Å². The monoisotopic (exact) mass is 371 g/mol. The molecule has 23 heavy (non-hydrogen) atoms. The first kappa shape index (κ1) is 16.6. The highest BCUT2D eigenvalue weighted by atomic mass is 32.2. The second-order valence-electron chi connectivity index (χ2n) is 5.28. The molecule has 1 aliphatic heterocycles. The van der Waals surface area contributed by atoms with E-state index in [0.29, 0.717) is 25.9 Å². The summed E-state index contributed by atoms with van der Waals surface area (Å²) in [5, 5.41) is 7.36. The molecule has 0 spiro atoms. The first-order valence-electron chi connectivity index (χ1n) is 7.22. The van der Waals surface area contributed by atoms with Gasteiger partial charge in [-0.25, -0.2) is 13.4 Å². The van der Waals surface area contributed by atoms with Gasteiger partial charge in [0.1, 0.15) is 10.3 Å². The smallest absolute Gasteiger partial charge is 0.253 e. The van der Waals surface area contributed by atoms with Gasteiger partial charge in [-0.1, -0.05) is 6.07 Å². The Bertz CT molecular complexity index is 783. The number of hydrogen-bond acceptors (Lipinski definition) is 6. The van der Waals surface area contributed by atoms with Crippen LogP contribution < -0.4 is 5.32 Å². The van der Waals surface area contributed by atoms with Gasteiger partial charge in [-0.05, 0) is 31.2 Å². The highest BCUT2D eigenvalue weighted by Crippen LogP contribution is 2.28. The predicted molar refractivity (Wildman–Crippen MR) is 89.9 cm³/mol. The summed E-state index contributed by atoms with van der Waals surface area (Å²) >= 11 is 2.70. The lowest BCUT2D eigenvalue weighted by molar-refractivity contribution is -0.124. The molecule has 0 bridgehead atoms. The van der Waals surface area contributed by atoms with Gasteiger partial charge in [-0.15, -0.1) is 22.7 Å². The molecule has 3 heterocycles. The summed E-state index contributed by atoms with van der Waals surface area (Å²) in [5.41, 5.74) is 0.798. The molecule has 6 nitrogen and oxygen atoms in total. The molecule has 1 fully saturated rings. The summed E-state index contributed by atoms with van der Waals surface area (Å²) in [5.74, 6) is -0.256. The van der Waals surface area contributed by atoms with E-state index < -0.39 is 16.1 Å². The summed E-state index contributed by atoms with van der Waals surface area (Å²) in [6, 6.07) is 2.64. The minimum absolute atomic E-state index is 0.256. The van der Waals surface area contributed by atoms with Crippen molar-refractivity contribution in [3.63, 3.8) is 0 Å². The third-order valence-electron chi connectivity index (χ3n) is 3.67. The minimum Gasteiger partial charge on any atom is -0.349 e. The molecule has 1 atom stereocenters. The van der Waals surface area contributed by atoms with E-state index in [1.54, 1.807) is 17.5 Å². The topological polar surface area (TPSA) is 79.4 Å². The van der Waals surface area contributed by atoms with Crippen LogP contribution in [-0.4, -0.2) is 36.2 Å². The van der Waals surface area contributed by atoms with Gasteiger partial charge in [0.25, 0.3) is 10.0 Å². The van der Waals surface area contributed by atoms with Crippen LogP contribution in [0.15, 0.2) is 27.1 Å². The number of nitrogens with one attached hydrogen (secondary N) is 1. The lowest BCUT2D eigenvalue weighted by Crippen LogP contribution is -2.45. The molecule has 0 aromatic carbocycles. The molecule has 2 aromatic rings. The fraction of sp³-hybridized carbons (Fsp3) is 0.429. The minimum atomic E-state index is -3.59. The molecule has 1 aliphatic rings. The number of carbonyl (C=O) groups is 1. The van der Waals surface area contributed by atoms with E-state index in [0.717, 1.165) is 10.7 Å². The molecule has 9 heteroatoms. The lowest BCUT2D eigenvalue weighted by Gasteiger charge is -2.22. The Morgan fingerprint density at radius 1 is 1.48 bits per heavy atom. The largest absolute Gasteiger partial charge is 0.349 e. The molecular weight excluding hydrogens is 354 g/mol. The Morgan fingerprint density at radius 3 is 2.96 bits per heavy atom. The zero-order valence-corrected chi connectivity index (χ0v) is 15.0. The molecule has 1 amide bonds. The van der Waals surface area contributed by atoms with Crippen molar-refractivity contribution in [1.29, 1.82) is 0 Å². The van der Waals surface area contributed by atoms with Crippen molar-refractivity contribution in [3.05, 3.63) is 33.6 Å². The average molecular weight is 372 g/mol. The van der Waals surface area contributed by atoms with Gasteiger partial charge in [-0.3, -0.25) is 4.79 Å². The number of sulfonamides is 1. The van der Waals surface area contributed by atoms with E-state index >= 15 is 0 Å². The van der Waals surface area contributed by atoms with Crippen LogP contribution in [0.4, 0.5) is 0 Å². The molecule has 0 aliphatic carbocycles. The van der Waals surface area contributed by atoms with Crippen molar-refractivity contribution < 1.29 is 13.2 Å². The molecule has 3 rings (SSSR count). The first-order valence-corrected chi connectivity index (χ1v) is 10.4. The zero-order chi connectivity index (χ0) is 16.4. The summed E-state index contributed by atoms with van der Waals surface area (Å²) < 4.78 is 26.9. The molecule has 1 saturated heterocycles. The maximum absolute atomic E-state index is 12.6. The van der Waals surface area contributed by atoms with Crippen LogP contribution in [0.1, 0.15) is 23.5 Å². The van der Waals surface area contributed by atoms with Gasteiger partial charge < -0.3 is 5.32 Å². The Morgan fingerprint density at radius 2 is 2.30 bits per heavy atom. The fourth-order valence-electron chi connectivity index (χ4n) is 2.60. The number of thiophene rings is 1. The van der Waals surface area contributed by atoms with Gasteiger partial charge in [0, 0.05) is 11.9 Å². The van der Waals surface area contributed by atoms with Crippen molar-refractivity contribution in [2.45, 2.75) is 36.6 Å². The van der Waals surface area contributed by atoms with E-state index in [9.17, 15) is 13.2 Å². The molecule has 0 unspecified atom stereocenters. The Balaban J connectivity index is 1.70. The predicted octanol–water partition coefficient (Wildman–Crippen LogP) is 1.98. The number of aryl methyl sites for hydroxylation is 1. The maximum Gasteiger partial charge on any atom is 0.253 e. The highest BCUT2D eigenvalue weighted by molar-refractivity contribution is 7.91. The van der Waals surface area contributed by atoms with Gasteiger partial charge in [0.2, 0.25) is 5.91 Å². The first-order chi connectivity index (χ1) is 11.0. The van der Waals surface area contributed by atoms with E-state index in [1.165, 1.54) is 27.0 Å². The lowest BCUT2D eigenvalue weighted by atomic mass is 10.2. The van der Waals surface area contributed by atoms with E-state index in [1.807, 2.05) is 12.3 Å². The van der Waals surface area contributed by atoms with Crippen LogP contribution in [0.3, 0.4) is 0 Å². The number of nitrogens with zero attached hydrogens (tertiary/aromatic N) is 2. The van der Waals surface area contributed by atoms with Crippen LogP contribution in [0.25, 0.3) is 0 Å². The van der Waals surface area contributed by atoms with Crippen molar-refractivity contribution in [3.8, 4) is 0 Å². The third-order valence-corrected chi connectivity index (χ3v) is 7.78. The van der Waals surface area contributed by atoms with Crippen molar-refractivity contribution in [2.75, 3.05) is 6.54 Å². The number of amides is 1. The van der Waals surface area contributed by atoms with Crippen molar-refractivity contribution >= 4 is 38.6 Å². The SMILES string of the molecule is Cc1nc(CNC(=O)[C@H]2CCCN2S(=O)(=O)c2cccs2)cs1. The second kappa shape index (κ2) is 6.68. The summed E-state index contributed by atoms with van der Waals surface area (Å²) in [6.45, 7) is 2.61. The van der Waals surface area contributed by atoms with E-state index in [-0.39, 0.29) is 10.1 Å². The third kappa shape index (κ3) is 3.47. The summed E-state index contributed by atoms with van der Waals surface area (Å²) in [4.78, 5) is 16.7. The normalized spacial score (nSPS) is 19.1. The molecular formula is C14H17N3O3S3. The Kier molecular flexibility index (Phi) is 4.81. The average Bonchev–Trinajstić information content (AvgIpc) is 3.25. The van der Waals surface area contributed by atoms with Crippen LogP contribution >= 0.6 is 22.7 Å². The van der Waals surface area contributed by atoms with Gasteiger partial charge in [0.15, 0.2) is 0 Å². The Labute approximate surface area is 143 Å². The molecule has 1 N–H and O–H groups in total. The van der Waals surface area contributed by atoms with E-state index in [2.05, 4.69) is 10.3 Å². The second-order valence-corrected chi connectivity index (χ2v) is 9.41. The molecule has 0 saturated carbocycles. The van der Waals surface area contributed by atoms with Gasteiger partial charge in [-0.2, -0.15) is 4.31 Å². The summed E-state index contributed by atoms with van der Waals surface area (Å²) in [7, 11) is -3.59. The molecule has 124 valence electrons. The molecule has 2 aromatic heterocycles. The number of aromatic nitrogens is 1. The number of rotatable bonds is 5. The van der Waals surface area contributed by atoms with E-state index in [4.69, 9.17) is 0 Å². The summed E-state index contributed by atoms with van der Waals surface area (Å²) in [6.07, 6.45) is 1.24. The highest BCUT2D eigenvalue weighted by Gasteiger charge is 2.39. The van der Waals surface area contributed by atoms with Crippen LogP contribution in [-0.2, 0) is 21.4 Å². The Hall–Kier alpha value is -1.29. The maximum atomic E-state index is 12.6. The zero-order valence-electron chi connectivity index (χ0n) is 12.6.